The summed E-state index contributed by atoms with van der Waals surface area (Å²) in [4.78, 5) is 2.61. The van der Waals surface area contributed by atoms with Gasteiger partial charge in [-0.2, -0.15) is 0 Å². The van der Waals surface area contributed by atoms with Gasteiger partial charge < -0.3 is 4.90 Å². The monoisotopic (exact) mass is 124 g/mol. The third-order valence-corrected chi connectivity index (χ3v) is 2.50. The van der Waals surface area contributed by atoms with E-state index in [2.05, 4.69) is 11.3 Å². The molecule has 1 radical (unpaired) electrons. The Kier molecular flexibility index (Phi) is 1.46. The summed E-state index contributed by atoms with van der Waals surface area (Å²) in [5.74, 6) is 0. The van der Waals surface area contributed by atoms with Gasteiger partial charge in [0, 0.05) is 6.04 Å². The molecule has 0 N–H and O–H groups in total. The van der Waals surface area contributed by atoms with Crippen LogP contribution in [0.5, 0.6) is 0 Å². The van der Waals surface area contributed by atoms with E-state index in [1.807, 2.05) is 0 Å². The van der Waals surface area contributed by atoms with E-state index in [4.69, 9.17) is 0 Å². The van der Waals surface area contributed by atoms with Gasteiger partial charge in [-0.1, -0.05) is 0 Å². The minimum atomic E-state index is 0.874. The summed E-state index contributed by atoms with van der Waals surface area (Å²) in [6.07, 6.45) is 8.12. The lowest BCUT2D eigenvalue weighted by molar-refractivity contribution is 0.241. The summed E-state index contributed by atoms with van der Waals surface area (Å²) in [6, 6.07) is 0.874. The van der Waals surface area contributed by atoms with Gasteiger partial charge in [-0.25, -0.2) is 0 Å². The summed E-state index contributed by atoms with van der Waals surface area (Å²) in [5.41, 5.74) is 0. The van der Waals surface area contributed by atoms with E-state index in [-0.39, 0.29) is 0 Å². The maximum Gasteiger partial charge on any atom is 0.0127 e. The van der Waals surface area contributed by atoms with E-state index in [1.54, 1.807) is 0 Å². The van der Waals surface area contributed by atoms with Crippen LogP contribution in [0.25, 0.3) is 0 Å². The lowest BCUT2D eigenvalue weighted by Crippen LogP contribution is -2.34. The first-order chi connectivity index (χ1) is 4.47. The second kappa shape index (κ2) is 2.30. The molecule has 9 heavy (non-hydrogen) atoms. The molecule has 0 bridgehead atoms. The summed E-state index contributed by atoms with van der Waals surface area (Å²) in [7, 11) is 0. The number of piperidine rings is 1. The zero-order chi connectivity index (χ0) is 6.10. The predicted octanol–water partition coefficient (Wildman–Crippen LogP) is 1.45. The molecule has 0 amide bonds. The molecule has 1 atom stereocenters. The van der Waals surface area contributed by atoms with E-state index in [9.17, 15) is 0 Å². The molecule has 1 nitrogen and oxygen atoms in total. The SMILES string of the molecule is [CH]1CCCN2CCCC12. The first-order valence-electron chi connectivity index (χ1n) is 4.04. The number of hydrogen-bond donors (Lipinski definition) is 0. The van der Waals surface area contributed by atoms with Crippen molar-refractivity contribution in [3.63, 3.8) is 0 Å². The third kappa shape index (κ3) is 0.983. The van der Waals surface area contributed by atoms with Crippen molar-refractivity contribution >= 4 is 0 Å². The molecule has 2 aliphatic rings. The standard InChI is InChI=1S/C8H14N/c1-2-6-9-7-3-5-8(9)4-1/h4,8H,1-3,5-7H2. The van der Waals surface area contributed by atoms with Crippen molar-refractivity contribution in [1.82, 2.24) is 4.90 Å². The van der Waals surface area contributed by atoms with E-state index >= 15 is 0 Å². The molecule has 2 saturated heterocycles. The van der Waals surface area contributed by atoms with Gasteiger partial charge in [-0.15, -0.1) is 0 Å². The first-order valence-corrected chi connectivity index (χ1v) is 4.04. The van der Waals surface area contributed by atoms with Crippen LogP contribution in [-0.2, 0) is 0 Å². The van der Waals surface area contributed by atoms with Crippen molar-refractivity contribution in [2.45, 2.75) is 31.7 Å². The van der Waals surface area contributed by atoms with Crippen LogP contribution in [0.2, 0.25) is 0 Å². The largest absolute Gasteiger partial charge is 0.300 e. The number of nitrogens with zero attached hydrogens (tertiary/aromatic N) is 1. The highest BCUT2D eigenvalue weighted by Crippen LogP contribution is 2.25. The maximum atomic E-state index is 2.61. The third-order valence-electron chi connectivity index (χ3n) is 2.50. The van der Waals surface area contributed by atoms with Crippen LogP contribution in [0.3, 0.4) is 0 Å². The molecule has 0 aliphatic carbocycles. The predicted molar refractivity (Wildman–Crippen MR) is 38.1 cm³/mol. The van der Waals surface area contributed by atoms with Gasteiger partial charge in [0.05, 0.1) is 0 Å². The molecule has 2 aliphatic heterocycles. The second-order valence-corrected chi connectivity index (χ2v) is 3.12. The van der Waals surface area contributed by atoms with Crippen LogP contribution < -0.4 is 0 Å². The minimum Gasteiger partial charge on any atom is -0.300 e. The highest BCUT2D eigenvalue weighted by Gasteiger charge is 2.26. The fourth-order valence-electron chi connectivity index (χ4n) is 2.00. The van der Waals surface area contributed by atoms with Gasteiger partial charge in [-0.05, 0) is 45.2 Å². The normalized spacial score (nSPS) is 36.7. The summed E-state index contributed by atoms with van der Waals surface area (Å²) < 4.78 is 0. The molecule has 0 aromatic rings. The van der Waals surface area contributed by atoms with Crippen LogP contribution in [0.4, 0.5) is 0 Å². The van der Waals surface area contributed by atoms with Crippen LogP contribution in [0.15, 0.2) is 0 Å². The molecule has 1 heteroatoms. The van der Waals surface area contributed by atoms with Gasteiger partial charge >= 0.3 is 0 Å². The highest BCUT2D eigenvalue weighted by molar-refractivity contribution is 4.93. The number of fused-ring (bicyclic) bond motifs is 1. The van der Waals surface area contributed by atoms with Crippen LogP contribution in [0.1, 0.15) is 25.7 Å². The minimum absolute atomic E-state index is 0.874. The average Bonchev–Trinajstić information content (AvgIpc) is 2.33. The lowest BCUT2D eigenvalue weighted by Gasteiger charge is -2.28. The van der Waals surface area contributed by atoms with Crippen LogP contribution in [-0.4, -0.2) is 24.0 Å². The zero-order valence-corrected chi connectivity index (χ0v) is 5.84. The summed E-state index contributed by atoms with van der Waals surface area (Å²) >= 11 is 0. The quantitative estimate of drug-likeness (QED) is 0.472. The zero-order valence-electron chi connectivity index (χ0n) is 5.84. The number of hydrogen-bond acceptors (Lipinski definition) is 1. The molecule has 0 saturated carbocycles. The summed E-state index contributed by atoms with van der Waals surface area (Å²) in [5, 5.41) is 0. The Morgan fingerprint density at radius 3 is 3.00 bits per heavy atom. The molecule has 1 unspecified atom stereocenters. The second-order valence-electron chi connectivity index (χ2n) is 3.12. The van der Waals surface area contributed by atoms with Crippen molar-refractivity contribution < 1.29 is 0 Å². The Morgan fingerprint density at radius 2 is 2.11 bits per heavy atom. The first kappa shape index (κ1) is 5.72. The Balaban J connectivity index is 1.97. The molecule has 0 aromatic heterocycles. The molecule has 0 aromatic carbocycles. The molecule has 0 spiro atoms. The molecule has 51 valence electrons. The van der Waals surface area contributed by atoms with Gasteiger partial charge in [0.2, 0.25) is 0 Å². The average molecular weight is 124 g/mol. The topological polar surface area (TPSA) is 3.24 Å². The van der Waals surface area contributed by atoms with Crippen LogP contribution >= 0.6 is 0 Å². The Hall–Kier alpha value is -0.0400. The van der Waals surface area contributed by atoms with Gasteiger partial charge in [0.15, 0.2) is 0 Å². The van der Waals surface area contributed by atoms with E-state index in [0.717, 1.165) is 6.04 Å². The van der Waals surface area contributed by atoms with Crippen molar-refractivity contribution in [1.29, 1.82) is 0 Å². The Bertz CT molecular complexity index is 88.7. The van der Waals surface area contributed by atoms with Crippen molar-refractivity contribution in [3.8, 4) is 0 Å². The smallest absolute Gasteiger partial charge is 0.0127 e. The highest BCUT2D eigenvalue weighted by atomic mass is 15.2. The fourth-order valence-corrected chi connectivity index (χ4v) is 2.00. The van der Waals surface area contributed by atoms with Crippen molar-refractivity contribution in [2.75, 3.05) is 13.1 Å². The molecule has 2 heterocycles. The molecular formula is C8H14N. The van der Waals surface area contributed by atoms with E-state index in [1.165, 1.54) is 38.8 Å². The van der Waals surface area contributed by atoms with Crippen LogP contribution in [0, 0.1) is 6.42 Å². The van der Waals surface area contributed by atoms with E-state index in [0.29, 0.717) is 0 Å². The van der Waals surface area contributed by atoms with Gasteiger partial charge in [0.25, 0.3) is 0 Å². The summed E-state index contributed by atoms with van der Waals surface area (Å²) in [6.45, 7) is 2.72. The molecule has 2 rings (SSSR count). The maximum absolute atomic E-state index is 2.61. The molecule has 2 fully saturated rings. The molecular weight excluding hydrogens is 110 g/mol. The van der Waals surface area contributed by atoms with Gasteiger partial charge in [0.1, 0.15) is 0 Å². The Labute approximate surface area is 57.0 Å². The fraction of sp³-hybridized carbons (Fsp3) is 0.875. The number of rotatable bonds is 0. The van der Waals surface area contributed by atoms with Crippen molar-refractivity contribution in [3.05, 3.63) is 6.42 Å². The van der Waals surface area contributed by atoms with Gasteiger partial charge in [-0.3, -0.25) is 0 Å². The van der Waals surface area contributed by atoms with E-state index < -0.39 is 0 Å². The lowest BCUT2D eigenvalue weighted by atomic mass is 10.0. The Morgan fingerprint density at radius 1 is 1.22 bits per heavy atom. The van der Waals surface area contributed by atoms with Crippen molar-refractivity contribution in [2.24, 2.45) is 0 Å².